The molecule has 0 fully saturated rings. The molecule has 0 radical (unpaired) electrons. The molecule has 0 N–H and O–H groups in total. The van der Waals surface area contributed by atoms with Crippen LogP contribution in [0, 0.1) is 0 Å². The van der Waals surface area contributed by atoms with Gasteiger partial charge in [-0.05, 0) is 61.6 Å². The van der Waals surface area contributed by atoms with E-state index in [1.807, 2.05) is 0 Å². The van der Waals surface area contributed by atoms with Crippen molar-refractivity contribution in [2.75, 3.05) is 0 Å². The van der Waals surface area contributed by atoms with Gasteiger partial charge >= 0.3 is 0 Å². The largest absolute Gasteiger partial charge is 0.228 e. The fourth-order valence-corrected chi connectivity index (χ4v) is 9.84. The first kappa shape index (κ1) is 25.6. The quantitative estimate of drug-likeness (QED) is 0.199. The van der Waals surface area contributed by atoms with Gasteiger partial charge in [-0.1, -0.05) is 140 Å². The fraction of sp³-hybridized carbons (Fsp3) is 0.0500. The van der Waals surface area contributed by atoms with Gasteiger partial charge in [0.1, 0.15) is 8.07 Å². The van der Waals surface area contributed by atoms with Gasteiger partial charge in [0.25, 0.3) is 0 Å². The van der Waals surface area contributed by atoms with Crippen LogP contribution in [0.3, 0.4) is 0 Å². The molecule has 1 aliphatic rings. The first-order chi connectivity index (χ1) is 21.1. The zero-order chi connectivity index (χ0) is 29.0. The van der Waals surface area contributed by atoms with Crippen LogP contribution in [0.4, 0.5) is 0 Å². The molecule has 43 heavy (non-hydrogen) atoms. The van der Waals surface area contributed by atoms with Gasteiger partial charge in [0, 0.05) is 16.7 Å². The molecule has 0 bridgehead atoms. The van der Waals surface area contributed by atoms with Crippen molar-refractivity contribution in [1.29, 1.82) is 0 Å². The maximum absolute atomic E-state index is 5.38. The Morgan fingerprint density at radius 2 is 0.907 bits per heavy atom. The summed E-state index contributed by atoms with van der Waals surface area (Å²) in [5.74, 6) is 0.768. The Morgan fingerprint density at radius 3 is 1.58 bits per heavy atom. The normalized spacial score (nSPS) is 13.1. The Kier molecular flexibility index (Phi) is 5.95. The van der Waals surface area contributed by atoms with Gasteiger partial charge < -0.3 is 0 Å². The van der Waals surface area contributed by atoms with Crippen LogP contribution < -0.4 is 10.4 Å². The number of nitrogens with zero attached hydrogens (tertiary/aromatic N) is 2. The molecular weight excluding hydrogens is 537 g/mol. The van der Waals surface area contributed by atoms with Crippen molar-refractivity contribution >= 4 is 29.2 Å². The van der Waals surface area contributed by atoms with Crippen LogP contribution in [-0.4, -0.2) is 18.0 Å². The smallest absolute Gasteiger partial charge is 0.160 e. The van der Waals surface area contributed by atoms with E-state index in [1.165, 1.54) is 43.4 Å². The molecule has 204 valence electrons. The molecule has 0 saturated heterocycles. The van der Waals surface area contributed by atoms with Gasteiger partial charge in [0.15, 0.2) is 5.82 Å². The lowest BCUT2D eigenvalue weighted by Crippen LogP contribution is -2.50. The molecule has 7 aromatic rings. The Morgan fingerprint density at radius 1 is 0.419 bits per heavy atom. The van der Waals surface area contributed by atoms with E-state index in [-0.39, 0.29) is 0 Å². The number of hydrogen-bond acceptors (Lipinski definition) is 2. The molecule has 0 aliphatic carbocycles. The average Bonchev–Trinajstić information content (AvgIpc) is 3.29. The predicted octanol–water partition coefficient (Wildman–Crippen LogP) is 9.10. The molecule has 8 rings (SSSR count). The molecule has 1 aliphatic heterocycles. The van der Waals surface area contributed by atoms with Crippen molar-refractivity contribution in [1.82, 2.24) is 9.97 Å². The molecular formula is C40H30N2Si. The highest BCUT2D eigenvalue weighted by Crippen LogP contribution is 2.36. The molecule has 0 unspecified atom stereocenters. The summed E-state index contributed by atoms with van der Waals surface area (Å²) in [5, 5.41) is 5.31. The fourth-order valence-electron chi connectivity index (χ4n) is 6.62. The minimum atomic E-state index is -2.08. The van der Waals surface area contributed by atoms with E-state index < -0.39 is 8.07 Å². The number of benzene rings is 6. The SMILES string of the molecule is C[Si]1(C)c2cc3ccccc3cc2-c2nc(-c3cccc(-c4cccc(-c5ccccc5)c4)c3)nc(-c3ccccc3)c21. The summed E-state index contributed by atoms with van der Waals surface area (Å²) in [5.41, 5.74) is 10.3. The van der Waals surface area contributed by atoms with E-state index in [2.05, 4.69) is 159 Å². The summed E-state index contributed by atoms with van der Waals surface area (Å²) >= 11 is 0. The highest BCUT2D eigenvalue weighted by molar-refractivity contribution is 7.04. The van der Waals surface area contributed by atoms with Crippen molar-refractivity contribution in [2.24, 2.45) is 0 Å². The number of aromatic nitrogens is 2. The van der Waals surface area contributed by atoms with Crippen LogP contribution >= 0.6 is 0 Å². The Balaban J connectivity index is 1.32. The molecule has 3 heteroatoms. The van der Waals surface area contributed by atoms with Gasteiger partial charge in [-0.15, -0.1) is 0 Å². The molecule has 1 aromatic heterocycles. The lowest BCUT2D eigenvalue weighted by molar-refractivity contribution is 1.20. The maximum Gasteiger partial charge on any atom is 0.160 e. The Hall–Kier alpha value is -5.12. The molecule has 0 atom stereocenters. The lowest BCUT2D eigenvalue weighted by atomic mass is 9.97. The third-order valence-electron chi connectivity index (χ3n) is 8.82. The van der Waals surface area contributed by atoms with E-state index in [4.69, 9.17) is 9.97 Å². The standard InChI is InChI=1S/C40H30N2Si/c1-43(2)36-26-33-18-10-9-17-32(33)25-35(36)38-39(43)37(28-15-7-4-8-16-28)41-40(42-38)34-22-12-21-31(24-34)30-20-11-19-29(23-30)27-13-5-3-6-14-27/h3-26H,1-2H3. The second kappa shape index (κ2) is 10.0. The average molecular weight is 567 g/mol. The van der Waals surface area contributed by atoms with Crippen molar-refractivity contribution < 1.29 is 0 Å². The van der Waals surface area contributed by atoms with Crippen LogP contribution in [-0.2, 0) is 0 Å². The molecule has 0 amide bonds. The van der Waals surface area contributed by atoms with E-state index in [1.54, 1.807) is 0 Å². The molecule has 2 heterocycles. The van der Waals surface area contributed by atoms with Crippen molar-refractivity contribution in [3.05, 3.63) is 146 Å². The van der Waals surface area contributed by atoms with E-state index in [0.29, 0.717) is 0 Å². The Labute approximate surface area is 253 Å². The zero-order valence-electron chi connectivity index (χ0n) is 24.3. The second-order valence-corrected chi connectivity index (χ2v) is 16.2. The predicted molar refractivity (Wildman–Crippen MR) is 183 cm³/mol. The van der Waals surface area contributed by atoms with Crippen molar-refractivity contribution in [3.63, 3.8) is 0 Å². The number of rotatable bonds is 4. The summed E-state index contributed by atoms with van der Waals surface area (Å²) in [4.78, 5) is 10.7. The minimum absolute atomic E-state index is 0.768. The third kappa shape index (κ3) is 4.32. The topological polar surface area (TPSA) is 25.8 Å². The third-order valence-corrected chi connectivity index (χ3v) is 12.3. The van der Waals surface area contributed by atoms with Crippen LogP contribution in [0.2, 0.25) is 13.1 Å². The molecule has 0 spiro atoms. The van der Waals surface area contributed by atoms with Crippen LogP contribution in [0.15, 0.2) is 146 Å². The highest BCUT2D eigenvalue weighted by atomic mass is 28.3. The summed E-state index contributed by atoms with van der Waals surface area (Å²) in [7, 11) is -2.08. The van der Waals surface area contributed by atoms with Gasteiger partial charge in [0.05, 0.1) is 11.4 Å². The minimum Gasteiger partial charge on any atom is -0.228 e. The maximum atomic E-state index is 5.38. The molecule has 2 nitrogen and oxygen atoms in total. The van der Waals surface area contributed by atoms with Crippen molar-refractivity contribution in [2.45, 2.75) is 13.1 Å². The molecule has 6 aromatic carbocycles. The van der Waals surface area contributed by atoms with Crippen LogP contribution in [0.5, 0.6) is 0 Å². The monoisotopic (exact) mass is 566 g/mol. The van der Waals surface area contributed by atoms with E-state index >= 15 is 0 Å². The lowest BCUT2D eigenvalue weighted by Gasteiger charge is -2.22. The summed E-state index contributed by atoms with van der Waals surface area (Å²) < 4.78 is 0. The van der Waals surface area contributed by atoms with Gasteiger partial charge in [-0.25, -0.2) is 9.97 Å². The summed E-state index contributed by atoms with van der Waals surface area (Å²) in [6, 6.07) is 52.1. The number of hydrogen-bond donors (Lipinski definition) is 0. The first-order valence-corrected chi connectivity index (χ1v) is 17.8. The zero-order valence-corrected chi connectivity index (χ0v) is 25.3. The second-order valence-electron chi connectivity index (χ2n) is 11.9. The van der Waals surface area contributed by atoms with E-state index in [9.17, 15) is 0 Å². The van der Waals surface area contributed by atoms with E-state index in [0.717, 1.165) is 33.9 Å². The van der Waals surface area contributed by atoms with Gasteiger partial charge in [0.2, 0.25) is 0 Å². The number of fused-ring (bicyclic) bond motifs is 4. The summed E-state index contributed by atoms with van der Waals surface area (Å²) in [6.45, 7) is 4.89. The Bertz CT molecular complexity index is 2150. The van der Waals surface area contributed by atoms with Gasteiger partial charge in [-0.3, -0.25) is 0 Å². The van der Waals surface area contributed by atoms with Crippen LogP contribution in [0.1, 0.15) is 0 Å². The highest BCUT2D eigenvalue weighted by Gasteiger charge is 2.42. The first-order valence-electron chi connectivity index (χ1n) is 14.8. The van der Waals surface area contributed by atoms with Gasteiger partial charge in [-0.2, -0.15) is 0 Å². The van der Waals surface area contributed by atoms with Crippen LogP contribution in [0.25, 0.3) is 66.9 Å². The summed E-state index contributed by atoms with van der Waals surface area (Å²) in [6.07, 6.45) is 0. The van der Waals surface area contributed by atoms with Crippen molar-refractivity contribution in [3.8, 4) is 56.2 Å². The molecule has 0 saturated carbocycles.